The van der Waals surface area contributed by atoms with E-state index in [1.165, 1.54) is 67.3 Å². The van der Waals surface area contributed by atoms with E-state index in [9.17, 15) is 0 Å². The zero-order valence-corrected chi connectivity index (χ0v) is 23.0. The fourth-order valence-electron chi connectivity index (χ4n) is 5.81. The first-order chi connectivity index (χ1) is 19.0. The lowest BCUT2D eigenvalue weighted by atomic mass is 9.99. The molecule has 1 aromatic heterocycles. The van der Waals surface area contributed by atoms with Gasteiger partial charge in [0, 0.05) is 16.7 Å². The fourth-order valence-corrected chi connectivity index (χ4v) is 5.81. The van der Waals surface area contributed by atoms with Crippen LogP contribution in [0.25, 0.3) is 45.0 Å². The second-order valence-electron chi connectivity index (χ2n) is 10.4. The molecule has 0 saturated heterocycles. The van der Waals surface area contributed by atoms with Crippen molar-refractivity contribution in [2.24, 2.45) is 0 Å². The highest BCUT2D eigenvalue weighted by molar-refractivity contribution is 5.82. The van der Waals surface area contributed by atoms with Crippen molar-refractivity contribution in [3.63, 3.8) is 0 Å². The van der Waals surface area contributed by atoms with Crippen molar-refractivity contribution >= 4 is 0 Å². The molecule has 0 atom stereocenters. The van der Waals surface area contributed by atoms with Crippen LogP contribution in [-0.4, -0.2) is 4.57 Å². The molecule has 0 amide bonds. The molecular weight excluding hydrogens is 472 g/mol. The van der Waals surface area contributed by atoms with Gasteiger partial charge in [-0.2, -0.15) is 9.13 Å². The first-order valence-electron chi connectivity index (χ1n) is 13.5. The molecule has 0 aliphatic carbocycles. The molecule has 0 bridgehead atoms. The molecule has 0 spiro atoms. The van der Waals surface area contributed by atoms with Crippen molar-refractivity contribution in [3.05, 3.63) is 150 Å². The number of hydrogen-bond donors (Lipinski definition) is 0. The second-order valence-corrected chi connectivity index (χ2v) is 10.4. The lowest BCUT2D eigenvalue weighted by Gasteiger charge is -2.11. The van der Waals surface area contributed by atoms with E-state index in [1.807, 2.05) is 0 Å². The van der Waals surface area contributed by atoms with E-state index in [4.69, 9.17) is 0 Å². The molecule has 0 radical (unpaired) electrons. The third-order valence-corrected chi connectivity index (χ3v) is 7.41. The number of nitrogens with zero attached hydrogens (tertiary/aromatic N) is 2. The largest absolute Gasteiger partial charge is 0.255 e. The summed E-state index contributed by atoms with van der Waals surface area (Å²) in [6.45, 7) is 8.79. The Hall–Kier alpha value is -4.69. The summed E-state index contributed by atoms with van der Waals surface area (Å²) < 4.78 is 4.80. The van der Waals surface area contributed by atoms with Crippen molar-refractivity contribution in [3.8, 4) is 45.0 Å². The number of hydrogen-bond acceptors (Lipinski definition) is 0. The Morgan fingerprint density at radius 1 is 0.513 bits per heavy atom. The van der Waals surface area contributed by atoms with Gasteiger partial charge in [-0.3, -0.25) is 0 Å². The van der Waals surface area contributed by atoms with Gasteiger partial charge in [0.1, 0.15) is 11.4 Å². The second kappa shape index (κ2) is 10.2. The van der Waals surface area contributed by atoms with Crippen LogP contribution >= 0.6 is 0 Å². The van der Waals surface area contributed by atoms with E-state index in [2.05, 4.69) is 164 Å². The first-order valence-corrected chi connectivity index (χ1v) is 13.5. The molecular formula is C37H33N2+. The van der Waals surface area contributed by atoms with Crippen LogP contribution in [0.1, 0.15) is 22.3 Å². The van der Waals surface area contributed by atoms with E-state index < -0.39 is 0 Å². The van der Waals surface area contributed by atoms with Gasteiger partial charge in [0.2, 0.25) is 0 Å². The molecule has 39 heavy (non-hydrogen) atoms. The highest BCUT2D eigenvalue weighted by Gasteiger charge is 2.31. The zero-order valence-electron chi connectivity index (χ0n) is 23.0. The van der Waals surface area contributed by atoms with Gasteiger partial charge < -0.3 is 0 Å². The summed E-state index contributed by atoms with van der Waals surface area (Å²) in [5.41, 5.74) is 14.5. The fraction of sp³-hybridized carbons (Fsp3) is 0.108. The average molecular weight is 506 g/mol. The number of benzene rings is 5. The third kappa shape index (κ3) is 4.59. The van der Waals surface area contributed by atoms with Crippen molar-refractivity contribution in [1.82, 2.24) is 4.57 Å². The van der Waals surface area contributed by atoms with E-state index in [0.717, 1.165) is 0 Å². The SMILES string of the molecule is Cc1cc(C)c(-[n+]2cn(-c3cc(C)ccc3-c3ccccc3)c(-c3ccccc3)c2-c2ccccc2)c(C)c1. The number of aromatic nitrogens is 2. The van der Waals surface area contributed by atoms with Crippen molar-refractivity contribution in [1.29, 1.82) is 0 Å². The summed E-state index contributed by atoms with van der Waals surface area (Å²) in [5.74, 6) is 0. The summed E-state index contributed by atoms with van der Waals surface area (Å²) in [7, 11) is 0. The van der Waals surface area contributed by atoms with Gasteiger partial charge in [-0.05, 0) is 62.1 Å². The molecule has 6 aromatic rings. The smallest absolute Gasteiger partial charge is 0.193 e. The predicted molar refractivity (Wildman–Crippen MR) is 163 cm³/mol. The Kier molecular flexibility index (Phi) is 6.46. The molecule has 0 aliphatic rings. The number of imidazole rings is 1. The highest BCUT2D eigenvalue weighted by Crippen LogP contribution is 2.37. The summed E-state index contributed by atoms with van der Waals surface area (Å²) in [5, 5.41) is 0. The molecule has 0 aliphatic heterocycles. The van der Waals surface area contributed by atoms with Crippen LogP contribution in [0.15, 0.2) is 128 Å². The van der Waals surface area contributed by atoms with Crippen LogP contribution in [0.2, 0.25) is 0 Å². The van der Waals surface area contributed by atoms with Crippen LogP contribution in [0.3, 0.4) is 0 Å². The normalized spacial score (nSPS) is 11.1. The molecule has 0 saturated carbocycles. The molecule has 5 aromatic carbocycles. The minimum absolute atomic E-state index is 1.17. The molecule has 1 heterocycles. The zero-order chi connectivity index (χ0) is 26.9. The molecule has 6 rings (SSSR count). The van der Waals surface area contributed by atoms with Crippen LogP contribution in [0.4, 0.5) is 0 Å². The summed E-state index contributed by atoms with van der Waals surface area (Å²) >= 11 is 0. The van der Waals surface area contributed by atoms with Crippen LogP contribution < -0.4 is 4.57 Å². The Labute approximate surface area is 231 Å². The monoisotopic (exact) mass is 505 g/mol. The first kappa shape index (κ1) is 24.6. The van der Waals surface area contributed by atoms with E-state index in [-0.39, 0.29) is 0 Å². The van der Waals surface area contributed by atoms with Crippen molar-refractivity contribution < 1.29 is 4.57 Å². The molecule has 0 N–H and O–H groups in total. The molecule has 2 nitrogen and oxygen atoms in total. The maximum absolute atomic E-state index is 2.40. The van der Waals surface area contributed by atoms with Crippen LogP contribution in [-0.2, 0) is 0 Å². The average Bonchev–Trinajstić information content (AvgIpc) is 3.34. The van der Waals surface area contributed by atoms with Gasteiger partial charge in [-0.25, -0.2) is 0 Å². The molecule has 2 heteroatoms. The summed E-state index contributed by atoms with van der Waals surface area (Å²) in [4.78, 5) is 0. The van der Waals surface area contributed by atoms with Crippen LogP contribution in [0.5, 0.6) is 0 Å². The Bertz CT molecular complexity index is 1740. The van der Waals surface area contributed by atoms with Gasteiger partial charge >= 0.3 is 0 Å². The quantitative estimate of drug-likeness (QED) is 0.207. The molecule has 190 valence electrons. The lowest BCUT2D eigenvalue weighted by Crippen LogP contribution is -2.33. The maximum Gasteiger partial charge on any atom is 0.255 e. The van der Waals surface area contributed by atoms with Crippen molar-refractivity contribution in [2.45, 2.75) is 27.7 Å². The van der Waals surface area contributed by atoms with Gasteiger partial charge in [-0.1, -0.05) is 115 Å². The van der Waals surface area contributed by atoms with Gasteiger partial charge in [0.25, 0.3) is 6.33 Å². The van der Waals surface area contributed by atoms with Gasteiger partial charge in [0.05, 0.1) is 0 Å². The maximum atomic E-state index is 2.40. The van der Waals surface area contributed by atoms with Gasteiger partial charge in [-0.15, -0.1) is 0 Å². The topological polar surface area (TPSA) is 8.81 Å². The number of aryl methyl sites for hydroxylation is 4. The predicted octanol–water partition coefficient (Wildman–Crippen LogP) is 8.99. The Morgan fingerprint density at radius 2 is 1.05 bits per heavy atom. The Balaban J connectivity index is 1.77. The van der Waals surface area contributed by atoms with Gasteiger partial charge in [0.15, 0.2) is 11.4 Å². The lowest BCUT2D eigenvalue weighted by molar-refractivity contribution is -0.584. The minimum atomic E-state index is 1.17. The van der Waals surface area contributed by atoms with E-state index in [1.54, 1.807) is 0 Å². The van der Waals surface area contributed by atoms with E-state index >= 15 is 0 Å². The minimum Gasteiger partial charge on any atom is -0.193 e. The van der Waals surface area contributed by atoms with E-state index in [0.29, 0.717) is 0 Å². The standard InChI is InChI=1S/C37H33N2/c1-26-20-21-33(30-14-8-5-9-15-30)34(24-26)38-25-39(35-28(3)22-27(2)23-29(35)4)37(32-18-12-7-13-19-32)36(38)31-16-10-6-11-17-31/h5-25H,1-4H3/q+1. The highest BCUT2D eigenvalue weighted by atomic mass is 15.2. The molecule has 0 fully saturated rings. The Morgan fingerprint density at radius 3 is 1.64 bits per heavy atom. The number of rotatable bonds is 5. The summed E-state index contributed by atoms with van der Waals surface area (Å²) in [6.07, 6.45) is 2.29. The van der Waals surface area contributed by atoms with Crippen molar-refractivity contribution in [2.75, 3.05) is 0 Å². The van der Waals surface area contributed by atoms with Crippen LogP contribution in [0, 0.1) is 27.7 Å². The summed E-state index contributed by atoms with van der Waals surface area (Å²) in [6, 6.07) is 43.6. The third-order valence-electron chi connectivity index (χ3n) is 7.41. The molecule has 0 unspecified atom stereocenters.